The van der Waals surface area contributed by atoms with Crippen LogP contribution < -0.4 is 0 Å². The van der Waals surface area contributed by atoms with Crippen molar-refractivity contribution in [2.45, 2.75) is 20.0 Å². The number of halogens is 1. The topological polar surface area (TPSA) is 29.0 Å². The molecule has 0 unspecified atom stereocenters. The van der Waals surface area contributed by atoms with Crippen molar-refractivity contribution < 1.29 is 0 Å². The smallest absolute Gasteiger partial charge is 0.151 e. The minimum Gasteiger partial charge on any atom is -0.296 e. The molecule has 1 aromatic heterocycles. The van der Waals surface area contributed by atoms with Crippen LogP contribution in [0, 0.1) is 6.92 Å². The summed E-state index contributed by atoms with van der Waals surface area (Å²) >= 11 is 5.71. The Bertz CT molecular complexity index is 446. The predicted molar refractivity (Wildman–Crippen MR) is 73.4 cm³/mol. The number of hydrogen-bond acceptors (Lipinski definition) is 3. The summed E-state index contributed by atoms with van der Waals surface area (Å²) in [6, 6.07) is 12.2. The normalized spacial score (nSPS) is 10.9. The van der Waals surface area contributed by atoms with Crippen LogP contribution in [0.5, 0.6) is 0 Å². The molecule has 0 aliphatic heterocycles. The number of hydrogen-bond donors (Lipinski definition) is 0. The molecule has 0 aliphatic rings. The van der Waals surface area contributed by atoms with E-state index >= 15 is 0 Å². The lowest BCUT2D eigenvalue weighted by molar-refractivity contribution is 0.314. The first-order chi connectivity index (χ1) is 8.63. The van der Waals surface area contributed by atoms with E-state index in [-0.39, 0.29) is 0 Å². The average molecular weight is 262 g/mol. The number of rotatable bonds is 4. The van der Waals surface area contributed by atoms with Crippen LogP contribution in [-0.4, -0.2) is 22.1 Å². The maximum Gasteiger partial charge on any atom is 0.151 e. The summed E-state index contributed by atoms with van der Waals surface area (Å²) in [5, 5.41) is 8.32. The highest BCUT2D eigenvalue weighted by atomic mass is 35.5. The van der Waals surface area contributed by atoms with E-state index in [4.69, 9.17) is 11.6 Å². The van der Waals surface area contributed by atoms with Gasteiger partial charge in [-0.3, -0.25) is 4.90 Å². The first-order valence-corrected chi connectivity index (χ1v) is 6.23. The Morgan fingerprint density at radius 1 is 1.00 bits per heavy atom. The molecule has 0 spiro atoms. The lowest BCUT2D eigenvalue weighted by Gasteiger charge is -2.16. The van der Waals surface area contributed by atoms with Gasteiger partial charge in [-0.05, 0) is 31.7 Å². The van der Waals surface area contributed by atoms with Crippen molar-refractivity contribution in [3.8, 4) is 0 Å². The van der Waals surface area contributed by atoms with Crippen molar-refractivity contribution in [1.82, 2.24) is 15.1 Å². The number of aryl methyl sites for hydroxylation is 1. The monoisotopic (exact) mass is 261 g/mol. The average Bonchev–Trinajstić information content (AvgIpc) is 2.35. The van der Waals surface area contributed by atoms with Crippen molar-refractivity contribution >= 4 is 11.6 Å². The highest BCUT2D eigenvalue weighted by molar-refractivity contribution is 6.29. The fourth-order valence-corrected chi connectivity index (χ4v) is 1.87. The molecule has 4 heteroatoms. The molecular weight excluding hydrogens is 246 g/mol. The van der Waals surface area contributed by atoms with Gasteiger partial charge >= 0.3 is 0 Å². The third-order valence-corrected chi connectivity index (χ3v) is 2.89. The maximum absolute atomic E-state index is 5.71. The van der Waals surface area contributed by atoms with Crippen molar-refractivity contribution in [3.05, 3.63) is 58.4 Å². The van der Waals surface area contributed by atoms with Gasteiger partial charge in [0, 0.05) is 13.1 Å². The molecule has 1 aromatic carbocycles. The fourth-order valence-electron chi connectivity index (χ4n) is 1.77. The first-order valence-electron chi connectivity index (χ1n) is 5.86. The van der Waals surface area contributed by atoms with Crippen LogP contribution in [0.15, 0.2) is 36.4 Å². The SMILES string of the molecule is Cc1ccc(CN(C)Cc2ccc(Cl)nn2)cc1. The Morgan fingerprint density at radius 2 is 1.72 bits per heavy atom. The number of benzene rings is 1. The van der Waals surface area contributed by atoms with Crippen LogP contribution >= 0.6 is 11.6 Å². The third kappa shape index (κ3) is 3.79. The van der Waals surface area contributed by atoms with E-state index in [0.29, 0.717) is 5.15 Å². The van der Waals surface area contributed by atoms with Gasteiger partial charge in [-0.2, -0.15) is 5.10 Å². The van der Waals surface area contributed by atoms with Crippen LogP contribution in [0.4, 0.5) is 0 Å². The van der Waals surface area contributed by atoms with E-state index in [1.54, 1.807) is 6.07 Å². The first kappa shape index (κ1) is 13.0. The van der Waals surface area contributed by atoms with E-state index < -0.39 is 0 Å². The van der Waals surface area contributed by atoms with Crippen LogP contribution in [0.1, 0.15) is 16.8 Å². The molecule has 0 bridgehead atoms. The molecule has 18 heavy (non-hydrogen) atoms. The van der Waals surface area contributed by atoms with Crippen molar-refractivity contribution in [3.63, 3.8) is 0 Å². The Kier molecular flexibility index (Phi) is 4.28. The molecule has 94 valence electrons. The molecule has 2 aromatic rings. The van der Waals surface area contributed by atoms with Gasteiger partial charge in [0.1, 0.15) is 0 Å². The zero-order valence-corrected chi connectivity index (χ0v) is 11.4. The molecule has 0 atom stereocenters. The van der Waals surface area contributed by atoms with E-state index in [9.17, 15) is 0 Å². The second kappa shape index (κ2) is 5.94. The highest BCUT2D eigenvalue weighted by Crippen LogP contribution is 2.09. The maximum atomic E-state index is 5.71. The van der Waals surface area contributed by atoms with Gasteiger partial charge in [0.05, 0.1) is 5.69 Å². The van der Waals surface area contributed by atoms with Crippen LogP contribution in [0.3, 0.4) is 0 Å². The molecule has 1 heterocycles. The van der Waals surface area contributed by atoms with E-state index in [1.165, 1.54) is 11.1 Å². The third-order valence-electron chi connectivity index (χ3n) is 2.69. The molecule has 0 aliphatic carbocycles. The summed E-state index contributed by atoms with van der Waals surface area (Å²) in [6.07, 6.45) is 0. The molecule has 3 nitrogen and oxygen atoms in total. The summed E-state index contributed by atoms with van der Waals surface area (Å²) in [5.41, 5.74) is 3.50. The summed E-state index contributed by atoms with van der Waals surface area (Å²) in [6.45, 7) is 3.75. The minimum atomic E-state index is 0.430. The standard InChI is InChI=1S/C14H16ClN3/c1-11-3-5-12(6-4-11)9-18(2)10-13-7-8-14(15)17-16-13/h3-8H,9-10H2,1-2H3. The quantitative estimate of drug-likeness (QED) is 0.847. The molecule has 0 N–H and O–H groups in total. The minimum absolute atomic E-state index is 0.430. The lowest BCUT2D eigenvalue weighted by Crippen LogP contribution is -2.18. The van der Waals surface area contributed by atoms with Crippen LogP contribution in [0.2, 0.25) is 5.15 Å². The summed E-state index contributed by atoms with van der Waals surface area (Å²) in [5.74, 6) is 0. The second-order valence-electron chi connectivity index (χ2n) is 4.51. The van der Waals surface area contributed by atoms with E-state index in [2.05, 4.69) is 53.3 Å². The summed E-state index contributed by atoms with van der Waals surface area (Å²) in [4.78, 5) is 2.20. The fraction of sp³-hybridized carbons (Fsp3) is 0.286. The molecule has 0 amide bonds. The van der Waals surface area contributed by atoms with Gasteiger partial charge in [-0.1, -0.05) is 41.4 Å². The van der Waals surface area contributed by atoms with Gasteiger partial charge in [-0.15, -0.1) is 5.10 Å². The largest absolute Gasteiger partial charge is 0.296 e. The number of nitrogens with zero attached hydrogens (tertiary/aromatic N) is 3. The van der Waals surface area contributed by atoms with Crippen molar-refractivity contribution in [1.29, 1.82) is 0 Å². The summed E-state index contributed by atoms with van der Waals surface area (Å²) < 4.78 is 0. The Balaban J connectivity index is 1.94. The molecule has 0 fully saturated rings. The zero-order valence-electron chi connectivity index (χ0n) is 10.6. The highest BCUT2D eigenvalue weighted by Gasteiger charge is 2.03. The number of aromatic nitrogens is 2. The van der Waals surface area contributed by atoms with E-state index in [1.807, 2.05) is 6.07 Å². The Labute approximate surface area is 112 Å². The lowest BCUT2D eigenvalue weighted by atomic mass is 10.1. The van der Waals surface area contributed by atoms with Gasteiger partial charge in [-0.25, -0.2) is 0 Å². The molecule has 0 saturated carbocycles. The van der Waals surface area contributed by atoms with Crippen LogP contribution in [0.25, 0.3) is 0 Å². The molecule has 0 radical (unpaired) electrons. The Morgan fingerprint density at radius 3 is 2.33 bits per heavy atom. The van der Waals surface area contributed by atoms with Gasteiger partial charge in [0.2, 0.25) is 0 Å². The predicted octanol–water partition coefficient (Wildman–Crippen LogP) is 3.07. The van der Waals surface area contributed by atoms with Crippen LogP contribution in [-0.2, 0) is 13.1 Å². The Hall–Kier alpha value is -1.45. The van der Waals surface area contributed by atoms with Crippen molar-refractivity contribution in [2.24, 2.45) is 0 Å². The second-order valence-corrected chi connectivity index (χ2v) is 4.89. The molecule has 0 saturated heterocycles. The van der Waals surface area contributed by atoms with E-state index in [0.717, 1.165) is 18.8 Å². The van der Waals surface area contributed by atoms with Crippen molar-refractivity contribution in [2.75, 3.05) is 7.05 Å². The molecule has 2 rings (SSSR count). The van der Waals surface area contributed by atoms with Gasteiger partial charge < -0.3 is 0 Å². The zero-order chi connectivity index (χ0) is 13.0. The van der Waals surface area contributed by atoms with Gasteiger partial charge in [0.25, 0.3) is 0 Å². The summed E-state index contributed by atoms with van der Waals surface area (Å²) in [7, 11) is 2.07. The van der Waals surface area contributed by atoms with Gasteiger partial charge in [0.15, 0.2) is 5.15 Å². The molecular formula is C14H16ClN3.